The molecule has 1 aromatic heterocycles. The van der Waals surface area contributed by atoms with Crippen LogP contribution in [-0.4, -0.2) is 11.8 Å². The predicted octanol–water partition coefficient (Wildman–Crippen LogP) is 4.34. The van der Waals surface area contributed by atoms with E-state index in [0.29, 0.717) is 11.1 Å². The van der Waals surface area contributed by atoms with Crippen LogP contribution >= 0.6 is 0 Å². The fourth-order valence-electron chi connectivity index (χ4n) is 2.97. The van der Waals surface area contributed by atoms with Gasteiger partial charge in [0, 0.05) is 17.5 Å². The number of rotatable bonds is 5. The highest BCUT2D eigenvalue weighted by Gasteiger charge is 2.12. The maximum absolute atomic E-state index is 13.3. The van der Waals surface area contributed by atoms with E-state index < -0.39 is 11.7 Å². The van der Waals surface area contributed by atoms with E-state index in [1.165, 1.54) is 12.1 Å². The van der Waals surface area contributed by atoms with Crippen LogP contribution < -0.4 is 16.4 Å². The predicted molar refractivity (Wildman–Crippen MR) is 113 cm³/mol. The SMILES string of the molecule is Nc1ccc(F)cc1NC(=O)c1ccc(CNC(=O)c2cc3ccccc3o2)cc1. The minimum atomic E-state index is -0.491. The molecule has 30 heavy (non-hydrogen) atoms. The Morgan fingerprint density at radius 1 is 0.933 bits per heavy atom. The minimum Gasteiger partial charge on any atom is -0.451 e. The molecule has 3 aromatic carbocycles. The Kier molecular flexibility index (Phi) is 5.17. The molecular formula is C23H18FN3O3. The van der Waals surface area contributed by atoms with Crippen molar-refractivity contribution in [1.82, 2.24) is 5.32 Å². The lowest BCUT2D eigenvalue weighted by molar-refractivity contribution is 0.0924. The summed E-state index contributed by atoms with van der Waals surface area (Å²) in [5, 5.41) is 6.23. The van der Waals surface area contributed by atoms with Gasteiger partial charge in [0.1, 0.15) is 11.4 Å². The van der Waals surface area contributed by atoms with Crippen molar-refractivity contribution >= 4 is 34.2 Å². The Labute approximate surface area is 171 Å². The molecule has 2 amide bonds. The molecule has 4 rings (SSSR count). The van der Waals surface area contributed by atoms with Crippen LogP contribution in [0.4, 0.5) is 15.8 Å². The number of furan rings is 1. The van der Waals surface area contributed by atoms with Crippen LogP contribution in [0.2, 0.25) is 0 Å². The molecule has 0 bridgehead atoms. The first-order chi connectivity index (χ1) is 14.5. The number of fused-ring (bicyclic) bond motifs is 1. The number of benzene rings is 3. The zero-order chi connectivity index (χ0) is 21.1. The molecular weight excluding hydrogens is 385 g/mol. The molecule has 6 nitrogen and oxygen atoms in total. The van der Waals surface area contributed by atoms with Gasteiger partial charge in [-0.05, 0) is 48.0 Å². The van der Waals surface area contributed by atoms with Crippen molar-refractivity contribution in [3.05, 3.63) is 95.5 Å². The molecule has 7 heteroatoms. The molecule has 0 aliphatic carbocycles. The fourth-order valence-corrected chi connectivity index (χ4v) is 2.97. The number of nitrogen functional groups attached to an aromatic ring is 1. The Morgan fingerprint density at radius 3 is 2.47 bits per heavy atom. The van der Waals surface area contributed by atoms with Gasteiger partial charge in [-0.2, -0.15) is 0 Å². The summed E-state index contributed by atoms with van der Waals surface area (Å²) in [5.74, 6) is -0.991. The number of halogens is 1. The summed E-state index contributed by atoms with van der Waals surface area (Å²) < 4.78 is 18.9. The summed E-state index contributed by atoms with van der Waals surface area (Å²) in [4.78, 5) is 24.7. The second kappa shape index (κ2) is 8.08. The molecule has 0 saturated heterocycles. The molecule has 0 atom stereocenters. The smallest absolute Gasteiger partial charge is 0.287 e. The Hall–Kier alpha value is -4.13. The van der Waals surface area contributed by atoms with Gasteiger partial charge in [-0.1, -0.05) is 30.3 Å². The van der Waals surface area contributed by atoms with Gasteiger partial charge < -0.3 is 20.8 Å². The minimum absolute atomic E-state index is 0.210. The quantitative estimate of drug-likeness (QED) is 0.432. The highest BCUT2D eigenvalue weighted by atomic mass is 19.1. The number of anilines is 2. The molecule has 4 N–H and O–H groups in total. The largest absolute Gasteiger partial charge is 0.451 e. The molecule has 0 spiro atoms. The van der Waals surface area contributed by atoms with Crippen LogP contribution in [0.25, 0.3) is 11.0 Å². The van der Waals surface area contributed by atoms with Crippen molar-refractivity contribution in [2.45, 2.75) is 6.54 Å². The lowest BCUT2D eigenvalue weighted by Crippen LogP contribution is -2.22. The zero-order valence-electron chi connectivity index (χ0n) is 15.8. The molecule has 0 unspecified atom stereocenters. The van der Waals surface area contributed by atoms with Gasteiger partial charge >= 0.3 is 0 Å². The van der Waals surface area contributed by atoms with Gasteiger partial charge in [0.2, 0.25) is 0 Å². The first-order valence-electron chi connectivity index (χ1n) is 9.22. The average Bonchev–Trinajstić information content (AvgIpc) is 3.19. The second-order valence-electron chi connectivity index (χ2n) is 6.71. The number of amides is 2. The topological polar surface area (TPSA) is 97.4 Å². The summed E-state index contributed by atoms with van der Waals surface area (Å²) in [6.45, 7) is 0.272. The van der Waals surface area contributed by atoms with Crippen molar-refractivity contribution in [1.29, 1.82) is 0 Å². The van der Waals surface area contributed by atoms with E-state index in [9.17, 15) is 14.0 Å². The average molecular weight is 403 g/mol. The molecule has 1 heterocycles. The third-order valence-corrected chi connectivity index (χ3v) is 4.58. The highest BCUT2D eigenvalue weighted by molar-refractivity contribution is 6.05. The van der Waals surface area contributed by atoms with E-state index in [-0.39, 0.29) is 29.6 Å². The summed E-state index contributed by atoms with van der Waals surface area (Å²) >= 11 is 0. The highest BCUT2D eigenvalue weighted by Crippen LogP contribution is 2.21. The van der Waals surface area contributed by atoms with Crippen molar-refractivity contribution in [3.63, 3.8) is 0 Å². The number of para-hydroxylation sites is 1. The fraction of sp³-hybridized carbons (Fsp3) is 0.0435. The third-order valence-electron chi connectivity index (χ3n) is 4.58. The summed E-state index contributed by atoms with van der Waals surface area (Å²) in [5.41, 5.74) is 8.07. The molecule has 0 aliphatic rings. The number of hydrogen-bond donors (Lipinski definition) is 3. The van der Waals surface area contributed by atoms with Crippen LogP contribution in [-0.2, 0) is 6.54 Å². The van der Waals surface area contributed by atoms with Gasteiger partial charge in [-0.15, -0.1) is 0 Å². The van der Waals surface area contributed by atoms with E-state index in [0.717, 1.165) is 17.0 Å². The summed E-state index contributed by atoms with van der Waals surface area (Å²) in [6, 6.07) is 19.5. The van der Waals surface area contributed by atoms with E-state index >= 15 is 0 Å². The number of nitrogens with two attached hydrogens (primary N) is 1. The van der Waals surface area contributed by atoms with Crippen molar-refractivity contribution < 1.29 is 18.4 Å². The van der Waals surface area contributed by atoms with Crippen LogP contribution in [0.5, 0.6) is 0 Å². The van der Waals surface area contributed by atoms with Crippen LogP contribution in [0.3, 0.4) is 0 Å². The summed E-state index contributed by atoms with van der Waals surface area (Å²) in [7, 11) is 0. The Balaban J connectivity index is 1.37. The normalized spacial score (nSPS) is 10.7. The molecule has 0 saturated carbocycles. The second-order valence-corrected chi connectivity index (χ2v) is 6.71. The number of carbonyl (C=O) groups is 2. The number of hydrogen-bond acceptors (Lipinski definition) is 4. The van der Waals surface area contributed by atoms with Crippen LogP contribution in [0.15, 0.2) is 77.2 Å². The van der Waals surface area contributed by atoms with Gasteiger partial charge in [0.15, 0.2) is 5.76 Å². The Morgan fingerprint density at radius 2 is 1.70 bits per heavy atom. The lowest BCUT2D eigenvalue weighted by Gasteiger charge is -2.09. The van der Waals surface area contributed by atoms with Crippen molar-refractivity contribution in [2.24, 2.45) is 0 Å². The maximum atomic E-state index is 13.3. The van der Waals surface area contributed by atoms with Gasteiger partial charge in [-0.3, -0.25) is 9.59 Å². The standard InChI is InChI=1S/C23H18FN3O3/c24-17-9-10-18(25)19(12-17)27-22(28)15-7-5-14(6-8-15)13-26-23(29)21-11-16-3-1-2-4-20(16)30-21/h1-12H,13,25H2,(H,26,29)(H,27,28). The third kappa shape index (κ3) is 4.15. The van der Waals surface area contributed by atoms with E-state index in [1.807, 2.05) is 18.2 Å². The molecule has 0 aliphatic heterocycles. The van der Waals surface area contributed by atoms with E-state index in [1.54, 1.807) is 36.4 Å². The first-order valence-corrected chi connectivity index (χ1v) is 9.22. The van der Waals surface area contributed by atoms with E-state index in [4.69, 9.17) is 10.2 Å². The number of nitrogens with one attached hydrogen (secondary N) is 2. The van der Waals surface area contributed by atoms with Gasteiger partial charge in [0.05, 0.1) is 11.4 Å². The number of carbonyl (C=O) groups excluding carboxylic acids is 2. The van der Waals surface area contributed by atoms with Crippen molar-refractivity contribution in [2.75, 3.05) is 11.1 Å². The first kappa shape index (κ1) is 19.2. The maximum Gasteiger partial charge on any atom is 0.287 e. The molecule has 0 radical (unpaired) electrons. The van der Waals surface area contributed by atoms with Gasteiger partial charge in [-0.25, -0.2) is 4.39 Å². The molecule has 150 valence electrons. The van der Waals surface area contributed by atoms with E-state index in [2.05, 4.69) is 10.6 Å². The molecule has 4 aromatic rings. The van der Waals surface area contributed by atoms with Crippen LogP contribution in [0, 0.1) is 5.82 Å². The Bertz CT molecular complexity index is 1200. The molecule has 0 fully saturated rings. The zero-order valence-corrected chi connectivity index (χ0v) is 15.8. The van der Waals surface area contributed by atoms with Crippen LogP contribution in [0.1, 0.15) is 26.5 Å². The van der Waals surface area contributed by atoms with Gasteiger partial charge in [0.25, 0.3) is 11.8 Å². The lowest BCUT2D eigenvalue weighted by atomic mass is 10.1. The summed E-state index contributed by atoms with van der Waals surface area (Å²) in [6.07, 6.45) is 0. The monoisotopic (exact) mass is 403 g/mol. The van der Waals surface area contributed by atoms with Crippen molar-refractivity contribution in [3.8, 4) is 0 Å².